The summed E-state index contributed by atoms with van der Waals surface area (Å²) < 4.78 is 8.32. The zero-order valence-corrected chi connectivity index (χ0v) is 14.4. The number of nitrogens with zero attached hydrogens (tertiary/aromatic N) is 3. The lowest BCUT2D eigenvalue weighted by atomic mass is 10.1. The number of aromatic nitrogens is 2. The van der Waals surface area contributed by atoms with Crippen LogP contribution in [0.1, 0.15) is 23.0 Å². The number of hydrogen-bond acceptors (Lipinski definition) is 4. The average Bonchev–Trinajstić information content (AvgIpc) is 3.27. The Kier molecular flexibility index (Phi) is 4.74. The molecule has 0 saturated heterocycles. The van der Waals surface area contributed by atoms with Gasteiger partial charge in [-0.2, -0.15) is 11.3 Å². The predicted octanol–water partition coefficient (Wildman–Crippen LogP) is 3.72. The summed E-state index contributed by atoms with van der Waals surface area (Å²) in [4.78, 5) is 6.83. The monoisotopic (exact) mass is 339 g/mol. The van der Waals surface area contributed by atoms with E-state index >= 15 is 0 Å². The molecule has 0 bridgehead atoms. The fourth-order valence-electron chi connectivity index (χ4n) is 3.28. The van der Waals surface area contributed by atoms with Crippen LogP contribution in [0.15, 0.2) is 59.6 Å². The fourth-order valence-corrected chi connectivity index (χ4v) is 3.94. The van der Waals surface area contributed by atoms with Gasteiger partial charge in [0.15, 0.2) is 0 Å². The van der Waals surface area contributed by atoms with Crippen LogP contribution < -0.4 is 0 Å². The van der Waals surface area contributed by atoms with Crippen LogP contribution in [-0.4, -0.2) is 27.6 Å². The minimum absolute atomic E-state index is 0.353. The summed E-state index contributed by atoms with van der Waals surface area (Å²) in [5, 5.41) is 4.38. The average molecular weight is 339 g/mol. The van der Waals surface area contributed by atoms with Crippen molar-refractivity contribution in [3.63, 3.8) is 0 Å². The summed E-state index contributed by atoms with van der Waals surface area (Å²) in [7, 11) is 0. The minimum Gasteiger partial charge on any atom is -0.373 e. The fraction of sp³-hybridized carbons (Fsp3) is 0.316. The minimum atomic E-state index is 0.353. The Labute approximate surface area is 146 Å². The van der Waals surface area contributed by atoms with E-state index in [-0.39, 0.29) is 0 Å². The second kappa shape index (κ2) is 7.30. The molecule has 1 aliphatic heterocycles. The summed E-state index contributed by atoms with van der Waals surface area (Å²) in [6, 6.07) is 12.8. The molecule has 0 N–H and O–H groups in total. The first-order chi connectivity index (χ1) is 11.9. The molecule has 4 nitrogen and oxygen atoms in total. The first-order valence-corrected chi connectivity index (χ1v) is 9.19. The molecule has 0 aromatic carbocycles. The highest BCUT2D eigenvalue weighted by Crippen LogP contribution is 2.24. The van der Waals surface area contributed by atoms with Gasteiger partial charge in [0, 0.05) is 37.7 Å². The van der Waals surface area contributed by atoms with Crippen LogP contribution in [0.2, 0.25) is 0 Å². The van der Waals surface area contributed by atoms with E-state index in [0.717, 1.165) is 25.3 Å². The van der Waals surface area contributed by atoms with Gasteiger partial charge in [-0.15, -0.1) is 0 Å². The number of ether oxygens (including phenoxy) is 1. The van der Waals surface area contributed by atoms with E-state index in [0.29, 0.717) is 19.3 Å². The maximum atomic E-state index is 5.96. The molecule has 24 heavy (non-hydrogen) atoms. The van der Waals surface area contributed by atoms with Gasteiger partial charge in [-0.05, 0) is 46.7 Å². The molecule has 1 aliphatic rings. The molecule has 4 heterocycles. The maximum Gasteiger partial charge on any atom is 0.0888 e. The van der Waals surface area contributed by atoms with Crippen LogP contribution >= 0.6 is 11.3 Å². The lowest BCUT2D eigenvalue weighted by Crippen LogP contribution is -2.38. The Balaban J connectivity index is 1.40. The highest BCUT2D eigenvalue weighted by atomic mass is 32.1. The summed E-state index contributed by atoms with van der Waals surface area (Å²) in [6.45, 7) is 4.29. The molecule has 0 amide bonds. The van der Waals surface area contributed by atoms with Crippen LogP contribution in [-0.2, 0) is 24.4 Å². The quantitative estimate of drug-likeness (QED) is 0.686. The Morgan fingerprint density at radius 1 is 1.21 bits per heavy atom. The normalized spacial score (nSPS) is 17.8. The van der Waals surface area contributed by atoms with Crippen molar-refractivity contribution in [3.05, 3.63) is 76.5 Å². The van der Waals surface area contributed by atoms with Crippen molar-refractivity contribution in [2.24, 2.45) is 0 Å². The van der Waals surface area contributed by atoms with E-state index in [2.05, 4.69) is 49.6 Å². The largest absolute Gasteiger partial charge is 0.373 e. The lowest BCUT2D eigenvalue weighted by molar-refractivity contribution is 0.0574. The van der Waals surface area contributed by atoms with Crippen LogP contribution in [0.5, 0.6) is 0 Å². The van der Waals surface area contributed by atoms with Crippen molar-refractivity contribution >= 4 is 11.3 Å². The highest BCUT2D eigenvalue weighted by molar-refractivity contribution is 7.07. The Hall–Kier alpha value is -1.95. The molecule has 0 unspecified atom stereocenters. The molecule has 1 atom stereocenters. The molecular formula is C19H21N3OS. The molecule has 3 aromatic rings. The summed E-state index contributed by atoms with van der Waals surface area (Å²) in [6.07, 6.45) is 3.98. The van der Waals surface area contributed by atoms with E-state index in [1.165, 1.54) is 11.3 Å². The van der Waals surface area contributed by atoms with Gasteiger partial charge in [-0.25, -0.2) is 0 Å². The third kappa shape index (κ3) is 3.59. The zero-order chi connectivity index (χ0) is 16.2. The molecule has 0 aliphatic carbocycles. The molecule has 0 spiro atoms. The molecule has 124 valence electrons. The number of pyridine rings is 1. The van der Waals surface area contributed by atoms with Crippen molar-refractivity contribution in [3.8, 4) is 0 Å². The Morgan fingerprint density at radius 2 is 2.21 bits per heavy atom. The summed E-state index contributed by atoms with van der Waals surface area (Å²) in [5.74, 6) is 0. The number of thiophene rings is 1. The summed E-state index contributed by atoms with van der Waals surface area (Å²) >= 11 is 1.76. The smallest absolute Gasteiger partial charge is 0.0888 e. The van der Waals surface area contributed by atoms with E-state index in [1.54, 1.807) is 11.3 Å². The third-order valence-corrected chi connectivity index (χ3v) is 5.12. The van der Waals surface area contributed by atoms with Crippen LogP contribution in [0.25, 0.3) is 0 Å². The first-order valence-electron chi connectivity index (χ1n) is 8.25. The van der Waals surface area contributed by atoms with Crippen molar-refractivity contribution in [1.29, 1.82) is 0 Å². The molecular weight excluding hydrogens is 318 g/mol. The van der Waals surface area contributed by atoms with Gasteiger partial charge in [0.1, 0.15) is 0 Å². The topological polar surface area (TPSA) is 30.3 Å². The van der Waals surface area contributed by atoms with Gasteiger partial charge in [0.25, 0.3) is 0 Å². The molecule has 0 fully saturated rings. The third-order valence-electron chi connectivity index (χ3n) is 4.39. The van der Waals surface area contributed by atoms with Gasteiger partial charge in [0.2, 0.25) is 0 Å². The van der Waals surface area contributed by atoms with Crippen LogP contribution in [0.4, 0.5) is 0 Å². The van der Waals surface area contributed by atoms with Crippen molar-refractivity contribution in [2.75, 3.05) is 13.2 Å². The van der Waals surface area contributed by atoms with E-state index in [9.17, 15) is 0 Å². The number of rotatable bonds is 6. The van der Waals surface area contributed by atoms with Gasteiger partial charge in [0.05, 0.1) is 24.9 Å². The van der Waals surface area contributed by atoms with Gasteiger partial charge >= 0.3 is 0 Å². The standard InChI is InChI=1S/C19H21N3OS/c1-2-7-20-17(4-1)13-23-14-19-12-21(10-16-6-9-24-15-16)11-18-5-3-8-22(18)19/h1-9,15,19H,10-14H2/t19-/m1/s1. The number of hydrogen-bond donors (Lipinski definition) is 0. The van der Waals surface area contributed by atoms with Crippen molar-refractivity contribution < 1.29 is 4.74 Å². The van der Waals surface area contributed by atoms with Crippen molar-refractivity contribution in [2.45, 2.75) is 25.7 Å². The van der Waals surface area contributed by atoms with Crippen LogP contribution in [0, 0.1) is 0 Å². The molecule has 0 saturated carbocycles. The number of fused-ring (bicyclic) bond motifs is 1. The van der Waals surface area contributed by atoms with Crippen LogP contribution in [0.3, 0.4) is 0 Å². The van der Waals surface area contributed by atoms with E-state index in [1.807, 2.05) is 24.4 Å². The molecule has 5 heteroatoms. The predicted molar refractivity (Wildman–Crippen MR) is 95.8 cm³/mol. The Bertz CT molecular complexity index is 754. The molecule has 4 rings (SSSR count). The second-order valence-corrected chi connectivity index (χ2v) is 6.98. The highest BCUT2D eigenvalue weighted by Gasteiger charge is 2.24. The maximum absolute atomic E-state index is 5.96. The van der Waals surface area contributed by atoms with E-state index in [4.69, 9.17) is 4.74 Å². The Morgan fingerprint density at radius 3 is 3.04 bits per heavy atom. The molecule has 3 aromatic heterocycles. The second-order valence-electron chi connectivity index (χ2n) is 6.20. The first kappa shape index (κ1) is 15.6. The molecule has 0 radical (unpaired) electrons. The van der Waals surface area contributed by atoms with E-state index < -0.39 is 0 Å². The SMILES string of the molecule is c1ccc(COC[C@H]2CN(Cc3ccsc3)Cc3cccn32)nc1. The lowest BCUT2D eigenvalue weighted by Gasteiger charge is -2.34. The van der Waals surface area contributed by atoms with Gasteiger partial charge in [-0.3, -0.25) is 9.88 Å². The van der Waals surface area contributed by atoms with Gasteiger partial charge in [-0.1, -0.05) is 6.07 Å². The summed E-state index contributed by atoms with van der Waals surface area (Å²) in [5.41, 5.74) is 3.74. The van der Waals surface area contributed by atoms with Crippen molar-refractivity contribution in [1.82, 2.24) is 14.5 Å². The van der Waals surface area contributed by atoms with Gasteiger partial charge < -0.3 is 9.30 Å². The zero-order valence-electron chi connectivity index (χ0n) is 13.5.